The molecule has 0 bridgehead atoms. The highest BCUT2D eigenvalue weighted by atomic mass is 16.2. The van der Waals surface area contributed by atoms with Crippen LogP contribution in [0.5, 0.6) is 0 Å². The van der Waals surface area contributed by atoms with Crippen molar-refractivity contribution >= 4 is 5.91 Å². The first-order chi connectivity index (χ1) is 8.81. The molecule has 3 heteroatoms. The van der Waals surface area contributed by atoms with Crippen LogP contribution in [0.4, 0.5) is 0 Å². The van der Waals surface area contributed by atoms with E-state index in [1.807, 2.05) is 12.1 Å². The van der Waals surface area contributed by atoms with E-state index < -0.39 is 0 Å². The number of hydrogen-bond donors (Lipinski definition) is 1. The Balaban J connectivity index is 1.70. The highest BCUT2D eigenvalue weighted by Crippen LogP contribution is 2.38. The van der Waals surface area contributed by atoms with E-state index in [1.165, 1.54) is 24.0 Å². The Labute approximate surface area is 108 Å². The van der Waals surface area contributed by atoms with Crippen LogP contribution >= 0.6 is 0 Å². The molecule has 2 N–H and O–H groups in total. The molecule has 0 aliphatic heterocycles. The van der Waals surface area contributed by atoms with Gasteiger partial charge in [0, 0.05) is 12.6 Å². The fourth-order valence-corrected chi connectivity index (χ4v) is 2.80. The van der Waals surface area contributed by atoms with Gasteiger partial charge in [-0.05, 0) is 43.4 Å². The first kappa shape index (κ1) is 11.7. The fourth-order valence-electron chi connectivity index (χ4n) is 2.80. The molecule has 1 aromatic carbocycles. The van der Waals surface area contributed by atoms with E-state index in [-0.39, 0.29) is 5.92 Å². The number of benzene rings is 1. The minimum Gasteiger partial charge on any atom is -0.339 e. The number of carbonyl (C=O) groups excluding carboxylic acids is 1. The molecule has 1 aromatic rings. The zero-order valence-corrected chi connectivity index (χ0v) is 10.6. The molecule has 0 heterocycles. The summed E-state index contributed by atoms with van der Waals surface area (Å²) >= 11 is 0. The van der Waals surface area contributed by atoms with Crippen LogP contribution in [0.15, 0.2) is 24.3 Å². The average molecular weight is 244 g/mol. The summed E-state index contributed by atoms with van der Waals surface area (Å²) in [6.07, 6.45) is 4.17. The number of rotatable bonds is 5. The Hall–Kier alpha value is -1.35. The number of amides is 1. The molecule has 1 amide bonds. The molecule has 18 heavy (non-hydrogen) atoms. The first-order valence-electron chi connectivity index (χ1n) is 6.89. The summed E-state index contributed by atoms with van der Waals surface area (Å²) in [7, 11) is 0. The van der Waals surface area contributed by atoms with Crippen LogP contribution in [-0.2, 0) is 11.2 Å². The maximum absolute atomic E-state index is 12.6. The maximum Gasteiger partial charge on any atom is 0.230 e. The molecule has 3 rings (SSSR count). The van der Waals surface area contributed by atoms with E-state index in [9.17, 15) is 4.79 Å². The van der Waals surface area contributed by atoms with Gasteiger partial charge in [-0.1, -0.05) is 24.3 Å². The van der Waals surface area contributed by atoms with Gasteiger partial charge in [-0.2, -0.15) is 0 Å². The highest BCUT2D eigenvalue weighted by molar-refractivity contribution is 5.87. The summed E-state index contributed by atoms with van der Waals surface area (Å²) in [5.74, 6) is 0.434. The summed E-state index contributed by atoms with van der Waals surface area (Å²) in [5.41, 5.74) is 8.13. The Morgan fingerprint density at radius 3 is 2.78 bits per heavy atom. The van der Waals surface area contributed by atoms with Crippen molar-refractivity contribution in [2.45, 2.75) is 37.6 Å². The predicted molar refractivity (Wildman–Crippen MR) is 71.3 cm³/mol. The van der Waals surface area contributed by atoms with Crippen molar-refractivity contribution in [1.82, 2.24) is 4.90 Å². The Kier molecular flexibility index (Phi) is 3.08. The second-order valence-electron chi connectivity index (χ2n) is 5.36. The van der Waals surface area contributed by atoms with E-state index in [0.29, 0.717) is 18.5 Å². The predicted octanol–water partition coefficient (Wildman–Crippen LogP) is 1.67. The van der Waals surface area contributed by atoms with E-state index in [4.69, 9.17) is 5.73 Å². The van der Waals surface area contributed by atoms with Crippen LogP contribution < -0.4 is 5.73 Å². The Morgan fingerprint density at radius 1 is 1.33 bits per heavy atom. The van der Waals surface area contributed by atoms with Crippen molar-refractivity contribution in [3.05, 3.63) is 35.4 Å². The quantitative estimate of drug-likeness (QED) is 0.856. The minimum atomic E-state index is 0.111. The molecule has 2 aliphatic rings. The first-order valence-corrected chi connectivity index (χ1v) is 6.89. The monoisotopic (exact) mass is 244 g/mol. The third-order valence-electron chi connectivity index (χ3n) is 4.03. The van der Waals surface area contributed by atoms with Crippen molar-refractivity contribution in [3.63, 3.8) is 0 Å². The van der Waals surface area contributed by atoms with Crippen LogP contribution in [0, 0.1) is 0 Å². The van der Waals surface area contributed by atoms with Gasteiger partial charge in [0.15, 0.2) is 0 Å². The molecule has 1 fully saturated rings. The number of nitrogens with two attached hydrogens (primary N) is 1. The lowest BCUT2D eigenvalue weighted by Gasteiger charge is -2.34. The zero-order valence-electron chi connectivity index (χ0n) is 10.6. The summed E-state index contributed by atoms with van der Waals surface area (Å²) < 4.78 is 0. The van der Waals surface area contributed by atoms with Crippen LogP contribution in [0.2, 0.25) is 0 Å². The molecule has 0 aromatic heterocycles. The van der Waals surface area contributed by atoms with Gasteiger partial charge in [0.2, 0.25) is 5.91 Å². The molecular formula is C15H20N2O. The molecule has 0 saturated heterocycles. The smallest absolute Gasteiger partial charge is 0.230 e. The zero-order chi connectivity index (χ0) is 12.5. The van der Waals surface area contributed by atoms with Gasteiger partial charge in [-0.3, -0.25) is 4.79 Å². The SMILES string of the molecule is NCCCN(C(=O)C1Cc2ccccc21)C1CC1. The standard InChI is InChI=1S/C15H20N2O/c16-8-3-9-17(12-6-7-12)15(18)14-10-11-4-1-2-5-13(11)14/h1-2,4-5,12,14H,3,6-10,16H2. The van der Waals surface area contributed by atoms with E-state index >= 15 is 0 Å². The number of hydrogen-bond acceptors (Lipinski definition) is 2. The van der Waals surface area contributed by atoms with Crippen LogP contribution in [0.1, 0.15) is 36.3 Å². The summed E-state index contributed by atoms with van der Waals surface area (Å²) in [6.45, 7) is 1.50. The molecule has 1 atom stereocenters. The summed E-state index contributed by atoms with van der Waals surface area (Å²) in [4.78, 5) is 14.6. The van der Waals surface area contributed by atoms with E-state index in [2.05, 4.69) is 17.0 Å². The van der Waals surface area contributed by atoms with Gasteiger partial charge in [0.25, 0.3) is 0 Å². The summed E-state index contributed by atoms with van der Waals surface area (Å²) in [6, 6.07) is 8.79. The van der Waals surface area contributed by atoms with Gasteiger partial charge in [-0.25, -0.2) is 0 Å². The highest BCUT2D eigenvalue weighted by Gasteiger charge is 2.39. The molecular weight excluding hydrogens is 224 g/mol. The molecule has 96 valence electrons. The second-order valence-corrected chi connectivity index (χ2v) is 5.36. The van der Waals surface area contributed by atoms with Crippen molar-refractivity contribution in [3.8, 4) is 0 Å². The van der Waals surface area contributed by atoms with Crippen LogP contribution in [-0.4, -0.2) is 29.9 Å². The van der Waals surface area contributed by atoms with Gasteiger partial charge < -0.3 is 10.6 Å². The van der Waals surface area contributed by atoms with Gasteiger partial charge in [0.05, 0.1) is 5.92 Å². The molecule has 0 radical (unpaired) electrons. The lowest BCUT2D eigenvalue weighted by atomic mass is 9.77. The summed E-state index contributed by atoms with van der Waals surface area (Å²) in [5, 5.41) is 0. The van der Waals surface area contributed by atoms with Crippen molar-refractivity contribution < 1.29 is 4.79 Å². The molecule has 1 saturated carbocycles. The topological polar surface area (TPSA) is 46.3 Å². The lowest BCUT2D eigenvalue weighted by molar-refractivity contribution is -0.134. The Morgan fingerprint density at radius 2 is 2.11 bits per heavy atom. The van der Waals surface area contributed by atoms with E-state index in [1.54, 1.807) is 0 Å². The van der Waals surface area contributed by atoms with Gasteiger partial charge >= 0.3 is 0 Å². The van der Waals surface area contributed by atoms with Gasteiger partial charge in [-0.15, -0.1) is 0 Å². The fraction of sp³-hybridized carbons (Fsp3) is 0.533. The van der Waals surface area contributed by atoms with Crippen LogP contribution in [0.3, 0.4) is 0 Å². The largest absolute Gasteiger partial charge is 0.339 e. The van der Waals surface area contributed by atoms with Crippen molar-refractivity contribution in [2.75, 3.05) is 13.1 Å². The lowest BCUT2D eigenvalue weighted by Crippen LogP contribution is -2.41. The molecule has 0 spiro atoms. The minimum absolute atomic E-state index is 0.111. The normalized spacial score (nSPS) is 21.1. The van der Waals surface area contributed by atoms with Crippen LogP contribution in [0.25, 0.3) is 0 Å². The Bertz CT molecular complexity index is 454. The maximum atomic E-state index is 12.6. The second kappa shape index (κ2) is 4.73. The molecule has 1 unspecified atom stereocenters. The van der Waals surface area contributed by atoms with Crippen molar-refractivity contribution in [2.24, 2.45) is 5.73 Å². The third-order valence-corrected chi connectivity index (χ3v) is 4.03. The third kappa shape index (κ3) is 2.03. The molecule has 3 nitrogen and oxygen atoms in total. The average Bonchev–Trinajstić information content (AvgIpc) is 3.16. The number of carbonyl (C=O) groups is 1. The van der Waals surface area contributed by atoms with Crippen molar-refractivity contribution in [1.29, 1.82) is 0 Å². The van der Waals surface area contributed by atoms with E-state index in [0.717, 1.165) is 19.4 Å². The number of fused-ring (bicyclic) bond motifs is 1. The molecule has 2 aliphatic carbocycles. The number of nitrogens with zero attached hydrogens (tertiary/aromatic N) is 1. The van der Waals surface area contributed by atoms with Gasteiger partial charge in [0.1, 0.15) is 0 Å².